The molecule has 0 radical (unpaired) electrons. The number of carbonyl (C=O) groups excluding carboxylic acids is 1. The Labute approximate surface area is 166 Å². The van der Waals surface area contributed by atoms with E-state index in [4.69, 9.17) is 28.2 Å². The molecule has 0 aliphatic carbocycles. The lowest BCUT2D eigenvalue weighted by Crippen LogP contribution is -2.30. The van der Waals surface area contributed by atoms with Crippen molar-refractivity contribution >= 4 is 40.5 Å². The van der Waals surface area contributed by atoms with Crippen LogP contribution in [-0.4, -0.2) is 16.2 Å². The maximum absolute atomic E-state index is 12.9. The average Bonchev–Trinajstić information content (AvgIpc) is 3.08. The van der Waals surface area contributed by atoms with Gasteiger partial charge in [0.05, 0.1) is 17.9 Å². The van der Waals surface area contributed by atoms with Crippen LogP contribution in [0.15, 0.2) is 66.2 Å². The number of hydrogen-bond acceptors (Lipinski definition) is 2. The molecule has 1 aliphatic heterocycles. The molecule has 0 spiro atoms. The highest BCUT2D eigenvalue weighted by molar-refractivity contribution is 6.36. The van der Waals surface area contributed by atoms with E-state index in [9.17, 15) is 4.79 Å². The van der Waals surface area contributed by atoms with Crippen molar-refractivity contribution < 1.29 is 9.36 Å². The van der Waals surface area contributed by atoms with Gasteiger partial charge in [-0.2, -0.15) is 0 Å². The molecule has 1 amide bonds. The molecule has 0 saturated carbocycles. The Morgan fingerprint density at radius 2 is 2.00 bits per heavy atom. The Morgan fingerprint density at radius 1 is 1.19 bits per heavy atom. The van der Waals surface area contributed by atoms with Crippen LogP contribution in [0.5, 0.6) is 0 Å². The van der Waals surface area contributed by atoms with Crippen LogP contribution in [0, 0.1) is 0 Å². The fourth-order valence-corrected chi connectivity index (χ4v) is 3.48. The number of halogens is 2. The molecule has 1 atom stereocenters. The van der Waals surface area contributed by atoms with Gasteiger partial charge in [0.1, 0.15) is 12.4 Å². The van der Waals surface area contributed by atoms with Crippen molar-refractivity contribution in [3.8, 4) is 0 Å². The zero-order chi connectivity index (χ0) is 19.0. The Morgan fingerprint density at radius 3 is 2.74 bits per heavy atom. The minimum absolute atomic E-state index is 0.223. The summed E-state index contributed by atoms with van der Waals surface area (Å²) in [7, 11) is 0. The number of benzodiazepines with no additional fused rings is 1. The van der Waals surface area contributed by atoms with Gasteiger partial charge < -0.3 is 5.32 Å². The molecule has 4 rings (SSSR count). The number of aryl methyl sites for hydroxylation is 1. The van der Waals surface area contributed by atoms with Gasteiger partial charge in [-0.1, -0.05) is 41.4 Å². The first kappa shape index (κ1) is 17.8. The summed E-state index contributed by atoms with van der Waals surface area (Å²) in [6.45, 7) is 2.84. The van der Waals surface area contributed by atoms with E-state index in [0.717, 1.165) is 17.7 Å². The molecule has 1 N–H and O–H groups in total. The first-order valence-electron chi connectivity index (χ1n) is 8.57. The summed E-state index contributed by atoms with van der Waals surface area (Å²) >= 11 is 12.7. The number of anilines is 1. The number of hydrogen-bond donors (Lipinski definition) is 1. The highest BCUT2D eigenvalue weighted by Gasteiger charge is 2.31. The third kappa shape index (κ3) is 3.36. The van der Waals surface area contributed by atoms with Gasteiger partial charge in [-0.15, -0.1) is 0 Å². The number of aliphatic imine (C=N–C) groups is 1. The minimum atomic E-state index is -0.754. The van der Waals surface area contributed by atoms with E-state index < -0.39 is 6.17 Å². The molecular weight excluding hydrogens is 383 g/mol. The van der Waals surface area contributed by atoms with Gasteiger partial charge in [0.25, 0.3) is 12.1 Å². The Kier molecular flexibility index (Phi) is 4.72. The molecule has 3 aromatic rings. The molecule has 27 heavy (non-hydrogen) atoms. The molecule has 1 aromatic heterocycles. The molecular formula is C20H17Cl2N4O+. The molecule has 7 heteroatoms. The highest BCUT2D eigenvalue weighted by Crippen LogP contribution is 2.31. The summed E-state index contributed by atoms with van der Waals surface area (Å²) in [5, 5.41) is 4.08. The SMILES string of the molecule is CC[n+]1ccn(C2N=C(c3ccccc3Cl)c3cc(Cl)ccc3NC2=O)c1. The number of rotatable bonds is 3. The second-order valence-electron chi connectivity index (χ2n) is 6.20. The smallest absolute Gasteiger partial charge is 0.293 e. The summed E-state index contributed by atoms with van der Waals surface area (Å²) in [6, 6.07) is 12.8. The second kappa shape index (κ2) is 7.18. The average molecular weight is 400 g/mol. The molecule has 5 nitrogen and oxygen atoms in total. The lowest BCUT2D eigenvalue weighted by atomic mass is 10.0. The number of imidazole rings is 1. The van der Waals surface area contributed by atoms with E-state index in [1.54, 1.807) is 28.8 Å². The lowest BCUT2D eigenvalue weighted by Gasteiger charge is -2.11. The van der Waals surface area contributed by atoms with Crippen molar-refractivity contribution in [2.24, 2.45) is 4.99 Å². The zero-order valence-corrected chi connectivity index (χ0v) is 16.1. The minimum Gasteiger partial charge on any atom is -0.320 e. The number of nitrogens with one attached hydrogen (secondary N) is 1. The normalized spacial score (nSPS) is 16.3. The van der Waals surface area contributed by atoms with Gasteiger partial charge in [0.15, 0.2) is 0 Å². The van der Waals surface area contributed by atoms with Gasteiger partial charge in [0.2, 0.25) is 6.33 Å². The maximum Gasteiger partial charge on any atom is 0.293 e. The van der Waals surface area contributed by atoms with Gasteiger partial charge >= 0.3 is 0 Å². The summed E-state index contributed by atoms with van der Waals surface area (Å²) < 4.78 is 3.76. The van der Waals surface area contributed by atoms with Crippen molar-refractivity contribution in [1.82, 2.24) is 4.57 Å². The number of nitrogens with zero attached hydrogens (tertiary/aromatic N) is 3. The number of benzene rings is 2. The predicted molar refractivity (Wildman–Crippen MR) is 107 cm³/mol. The second-order valence-corrected chi connectivity index (χ2v) is 7.05. The van der Waals surface area contributed by atoms with E-state index in [1.165, 1.54) is 0 Å². The monoisotopic (exact) mass is 399 g/mol. The van der Waals surface area contributed by atoms with E-state index in [2.05, 4.69) is 5.32 Å². The van der Waals surface area contributed by atoms with Crippen LogP contribution in [0.3, 0.4) is 0 Å². The third-order valence-corrected chi connectivity index (χ3v) is 5.03. The van der Waals surface area contributed by atoms with Gasteiger partial charge in [-0.3, -0.25) is 4.79 Å². The van der Waals surface area contributed by atoms with Gasteiger partial charge in [0, 0.05) is 21.2 Å². The van der Waals surface area contributed by atoms with Crippen LogP contribution < -0.4 is 9.88 Å². The zero-order valence-electron chi connectivity index (χ0n) is 14.6. The lowest BCUT2D eigenvalue weighted by molar-refractivity contribution is -0.693. The molecule has 2 aromatic carbocycles. The Bertz CT molecular complexity index is 1060. The summed E-state index contributed by atoms with van der Waals surface area (Å²) in [6.07, 6.45) is 4.85. The van der Waals surface area contributed by atoms with Crippen molar-refractivity contribution in [1.29, 1.82) is 0 Å². The van der Waals surface area contributed by atoms with E-state index in [-0.39, 0.29) is 5.91 Å². The molecule has 0 fully saturated rings. The van der Waals surface area contributed by atoms with Crippen LogP contribution >= 0.6 is 23.2 Å². The first-order chi connectivity index (χ1) is 13.1. The molecule has 0 saturated heterocycles. The fourth-order valence-electron chi connectivity index (χ4n) is 3.08. The molecule has 136 valence electrons. The summed E-state index contributed by atoms with van der Waals surface area (Å²) in [5.74, 6) is -0.223. The molecule has 2 heterocycles. The van der Waals surface area contributed by atoms with Crippen LogP contribution in [0.1, 0.15) is 24.2 Å². The fraction of sp³-hybridized carbons (Fsp3) is 0.150. The van der Waals surface area contributed by atoms with Gasteiger partial charge in [-0.25, -0.2) is 14.1 Å². The Hall–Kier alpha value is -2.63. The Balaban J connectivity index is 1.94. The first-order valence-corrected chi connectivity index (χ1v) is 9.32. The van der Waals surface area contributed by atoms with Crippen molar-refractivity contribution in [2.45, 2.75) is 19.6 Å². The standard InChI is InChI=1S/C20H16Cl2N4O/c1-2-25-9-10-26(12-25)19-20(27)23-17-8-7-13(21)11-15(17)18(24-19)14-5-3-4-6-16(14)22/h3-12,19H,2H2,1H3/p+1. The third-order valence-electron chi connectivity index (χ3n) is 4.47. The molecule has 1 unspecified atom stereocenters. The van der Waals surface area contributed by atoms with Crippen LogP contribution in [0.4, 0.5) is 5.69 Å². The molecule has 1 aliphatic rings. The highest BCUT2D eigenvalue weighted by atomic mass is 35.5. The summed E-state index contributed by atoms with van der Waals surface area (Å²) in [4.78, 5) is 17.7. The number of fused-ring (bicyclic) bond motifs is 1. The van der Waals surface area contributed by atoms with Crippen molar-refractivity contribution in [2.75, 3.05) is 5.32 Å². The van der Waals surface area contributed by atoms with E-state index in [1.807, 2.05) is 48.4 Å². The number of carbonyl (C=O) groups is 1. The maximum atomic E-state index is 12.9. The largest absolute Gasteiger partial charge is 0.320 e. The topological polar surface area (TPSA) is 50.3 Å². The number of aromatic nitrogens is 2. The van der Waals surface area contributed by atoms with Crippen LogP contribution in [-0.2, 0) is 11.3 Å². The quantitative estimate of drug-likeness (QED) is 0.662. The van der Waals surface area contributed by atoms with E-state index >= 15 is 0 Å². The van der Waals surface area contributed by atoms with E-state index in [0.29, 0.717) is 21.4 Å². The van der Waals surface area contributed by atoms with Crippen molar-refractivity contribution in [3.05, 3.63) is 82.4 Å². The van der Waals surface area contributed by atoms with Gasteiger partial charge in [-0.05, 0) is 31.2 Å². The molecule has 0 bridgehead atoms. The van der Waals surface area contributed by atoms with Crippen LogP contribution in [0.25, 0.3) is 0 Å². The van der Waals surface area contributed by atoms with Crippen molar-refractivity contribution in [3.63, 3.8) is 0 Å². The van der Waals surface area contributed by atoms with Crippen LogP contribution in [0.2, 0.25) is 10.0 Å². The number of amides is 1. The summed E-state index contributed by atoms with van der Waals surface area (Å²) in [5.41, 5.74) is 2.76. The predicted octanol–water partition coefficient (Wildman–Crippen LogP) is 4.09.